The van der Waals surface area contributed by atoms with E-state index in [1.54, 1.807) is 32.9 Å². The van der Waals surface area contributed by atoms with E-state index >= 15 is 0 Å². The number of carbonyl (C=O) groups is 3. The molecule has 0 saturated carbocycles. The Bertz CT molecular complexity index is 603. The highest BCUT2D eigenvalue weighted by molar-refractivity contribution is 5.97. The molecule has 1 rings (SSSR count). The van der Waals surface area contributed by atoms with E-state index in [2.05, 4.69) is 10.6 Å². The van der Waals surface area contributed by atoms with E-state index in [9.17, 15) is 14.4 Å². The number of nitrogens with two attached hydrogens (primary N) is 1. The second-order valence-electron chi connectivity index (χ2n) is 6.80. The summed E-state index contributed by atoms with van der Waals surface area (Å²) in [4.78, 5) is 35.4. The van der Waals surface area contributed by atoms with Gasteiger partial charge in [0.1, 0.15) is 11.6 Å². The van der Waals surface area contributed by atoms with Crippen LogP contribution in [0, 0.1) is 5.92 Å². The topological polar surface area (TPSA) is 111 Å². The largest absolute Gasteiger partial charge is 0.458 e. The number of urea groups is 1. The standard InChI is InChI=1S/C17H25N3O4/c1-10(2)13(15(22)24-17(3,4)5)20-14(21)11-6-8-12(9-7-11)19-16(18)23/h6-10,13H,1-5H3,(H,20,21)(H3,18,19,23)/t13-/m1/s1. The zero-order chi connectivity index (χ0) is 18.5. The number of ether oxygens (including phenoxy) is 1. The zero-order valence-corrected chi connectivity index (χ0v) is 14.7. The van der Waals surface area contributed by atoms with Crippen LogP contribution in [0.2, 0.25) is 0 Å². The quantitative estimate of drug-likeness (QED) is 0.717. The molecule has 1 atom stereocenters. The first-order valence-corrected chi connectivity index (χ1v) is 7.70. The predicted molar refractivity (Wildman–Crippen MR) is 91.6 cm³/mol. The number of esters is 1. The summed E-state index contributed by atoms with van der Waals surface area (Å²) in [5.41, 5.74) is 5.24. The average molecular weight is 335 g/mol. The van der Waals surface area contributed by atoms with Crippen molar-refractivity contribution in [2.24, 2.45) is 11.7 Å². The summed E-state index contributed by atoms with van der Waals surface area (Å²) in [5.74, 6) is -0.998. The molecule has 0 aliphatic rings. The molecule has 24 heavy (non-hydrogen) atoms. The molecule has 0 aliphatic carbocycles. The maximum atomic E-state index is 12.3. The molecule has 0 bridgehead atoms. The van der Waals surface area contributed by atoms with Gasteiger partial charge in [0.15, 0.2) is 0 Å². The minimum absolute atomic E-state index is 0.125. The maximum Gasteiger partial charge on any atom is 0.329 e. The van der Waals surface area contributed by atoms with Crippen LogP contribution in [0.3, 0.4) is 0 Å². The number of primary amides is 1. The molecule has 0 fully saturated rings. The Balaban J connectivity index is 2.81. The molecule has 1 aromatic rings. The molecule has 0 aliphatic heterocycles. The molecular formula is C17H25N3O4. The lowest BCUT2D eigenvalue weighted by Crippen LogP contribution is -2.47. The molecule has 0 saturated heterocycles. The molecule has 4 N–H and O–H groups in total. The lowest BCUT2D eigenvalue weighted by molar-refractivity contribution is -0.158. The molecule has 0 aromatic heterocycles. The summed E-state index contributed by atoms with van der Waals surface area (Å²) >= 11 is 0. The van der Waals surface area contributed by atoms with Crippen molar-refractivity contribution in [2.75, 3.05) is 5.32 Å². The number of carbonyl (C=O) groups excluding carboxylic acids is 3. The van der Waals surface area contributed by atoms with Crippen molar-refractivity contribution in [3.63, 3.8) is 0 Å². The van der Waals surface area contributed by atoms with E-state index in [4.69, 9.17) is 10.5 Å². The number of benzene rings is 1. The van der Waals surface area contributed by atoms with E-state index in [0.29, 0.717) is 11.3 Å². The van der Waals surface area contributed by atoms with E-state index in [1.807, 2.05) is 13.8 Å². The van der Waals surface area contributed by atoms with Crippen LogP contribution >= 0.6 is 0 Å². The van der Waals surface area contributed by atoms with Gasteiger partial charge in [-0.2, -0.15) is 0 Å². The number of hydrogen-bond donors (Lipinski definition) is 3. The van der Waals surface area contributed by atoms with Gasteiger partial charge in [0, 0.05) is 11.3 Å². The van der Waals surface area contributed by atoms with Gasteiger partial charge in [-0.25, -0.2) is 9.59 Å². The van der Waals surface area contributed by atoms with Crippen LogP contribution in [0.1, 0.15) is 45.0 Å². The van der Waals surface area contributed by atoms with Gasteiger partial charge in [-0.3, -0.25) is 4.79 Å². The van der Waals surface area contributed by atoms with E-state index in [1.165, 1.54) is 12.1 Å². The first-order valence-electron chi connectivity index (χ1n) is 7.70. The summed E-state index contributed by atoms with van der Waals surface area (Å²) in [6.45, 7) is 8.97. The molecule has 0 unspecified atom stereocenters. The molecule has 3 amide bonds. The number of nitrogens with one attached hydrogen (secondary N) is 2. The van der Waals surface area contributed by atoms with Gasteiger partial charge in [0.25, 0.3) is 5.91 Å². The van der Waals surface area contributed by atoms with Crippen LogP contribution in [-0.4, -0.2) is 29.6 Å². The third-order valence-corrected chi connectivity index (χ3v) is 3.03. The number of hydrogen-bond acceptors (Lipinski definition) is 4. The van der Waals surface area contributed by atoms with Gasteiger partial charge >= 0.3 is 12.0 Å². The highest BCUT2D eigenvalue weighted by Crippen LogP contribution is 2.14. The van der Waals surface area contributed by atoms with Crippen LogP contribution < -0.4 is 16.4 Å². The predicted octanol–water partition coefficient (Wildman–Crippen LogP) is 2.27. The monoisotopic (exact) mass is 335 g/mol. The van der Waals surface area contributed by atoms with Gasteiger partial charge in [-0.15, -0.1) is 0 Å². The lowest BCUT2D eigenvalue weighted by Gasteiger charge is -2.26. The Morgan fingerprint density at radius 1 is 1.08 bits per heavy atom. The van der Waals surface area contributed by atoms with E-state index in [0.717, 1.165) is 0 Å². The number of rotatable bonds is 5. The molecule has 7 nitrogen and oxygen atoms in total. The molecule has 1 aromatic carbocycles. The zero-order valence-electron chi connectivity index (χ0n) is 14.7. The first-order chi connectivity index (χ1) is 11.0. The van der Waals surface area contributed by atoms with Crippen LogP contribution in [0.4, 0.5) is 10.5 Å². The van der Waals surface area contributed by atoms with Gasteiger partial charge in [-0.05, 0) is 51.0 Å². The summed E-state index contributed by atoms with van der Waals surface area (Å²) in [7, 11) is 0. The van der Waals surface area contributed by atoms with Crippen molar-refractivity contribution in [1.29, 1.82) is 0 Å². The Morgan fingerprint density at radius 2 is 1.62 bits per heavy atom. The minimum atomic E-state index is -0.750. The second kappa shape index (κ2) is 7.81. The van der Waals surface area contributed by atoms with Crippen LogP contribution in [0.25, 0.3) is 0 Å². The van der Waals surface area contributed by atoms with Gasteiger partial charge in [0.2, 0.25) is 0 Å². The minimum Gasteiger partial charge on any atom is -0.458 e. The van der Waals surface area contributed by atoms with Gasteiger partial charge in [-0.1, -0.05) is 13.8 Å². The smallest absolute Gasteiger partial charge is 0.329 e. The third kappa shape index (κ3) is 6.28. The van der Waals surface area contributed by atoms with Gasteiger partial charge < -0.3 is 21.1 Å². The fraction of sp³-hybridized carbons (Fsp3) is 0.471. The van der Waals surface area contributed by atoms with Gasteiger partial charge in [0.05, 0.1) is 0 Å². The summed E-state index contributed by atoms with van der Waals surface area (Å²) in [5, 5.41) is 5.10. The fourth-order valence-electron chi connectivity index (χ4n) is 1.93. The Morgan fingerprint density at radius 3 is 2.04 bits per heavy atom. The molecule has 0 heterocycles. The summed E-state index contributed by atoms with van der Waals surface area (Å²) in [6.07, 6.45) is 0. The molecule has 0 radical (unpaired) electrons. The average Bonchev–Trinajstić information content (AvgIpc) is 2.42. The molecular weight excluding hydrogens is 310 g/mol. The number of amides is 3. The maximum absolute atomic E-state index is 12.3. The molecule has 132 valence electrons. The lowest BCUT2D eigenvalue weighted by atomic mass is 10.0. The Hall–Kier alpha value is -2.57. The Labute approximate surface area is 141 Å². The van der Waals surface area contributed by atoms with E-state index in [-0.39, 0.29) is 5.92 Å². The SMILES string of the molecule is CC(C)[C@@H](NC(=O)c1ccc(NC(N)=O)cc1)C(=O)OC(C)(C)C. The normalized spacial score (nSPS) is 12.4. The van der Waals surface area contributed by atoms with Crippen molar-refractivity contribution in [3.8, 4) is 0 Å². The fourth-order valence-corrected chi connectivity index (χ4v) is 1.93. The van der Waals surface area contributed by atoms with Crippen molar-refractivity contribution in [1.82, 2.24) is 5.32 Å². The highest BCUT2D eigenvalue weighted by atomic mass is 16.6. The third-order valence-electron chi connectivity index (χ3n) is 3.03. The number of anilines is 1. The van der Waals surface area contributed by atoms with Crippen molar-refractivity contribution < 1.29 is 19.1 Å². The summed E-state index contributed by atoms with van der Waals surface area (Å²) in [6, 6.07) is 4.74. The van der Waals surface area contributed by atoms with E-state index < -0.39 is 29.6 Å². The molecule has 0 spiro atoms. The molecule has 7 heteroatoms. The Kier molecular flexibility index (Phi) is 6.34. The van der Waals surface area contributed by atoms with Crippen LogP contribution in [0.15, 0.2) is 24.3 Å². The summed E-state index contributed by atoms with van der Waals surface area (Å²) < 4.78 is 5.35. The van der Waals surface area contributed by atoms with Crippen molar-refractivity contribution in [3.05, 3.63) is 29.8 Å². The van der Waals surface area contributed by atoms with Crippen molar-refractivity contribution >= 4 is 23.6 Å². The highest BCUT2D eigenvalue weighted by Gasteiger charge is 2.29. The first kappa shape index (κ1) is 19.5. The van der Waals surface area contributed by atoms with Crippen LogP contribution in [0.5, 0.6) is 0 Å². The second-order valence-corrected chi connectivity index (χ2v) is 6.80. The van der Waals surface area contributed by atoms with Crippen molar-refractivity contribution in [2.45, 2.75) is 46.3 Å². The van der Waals surface area contributed by atoms with Crippen LogP contribution in [-0.2, 0) is 9.53 Å².